The number of quaternary nitrogens is 1. The van der Waals surface area contributed by atoms with Gasteiger partial charge < -0.3 is 10.7 Å². The maximum atomic E-state index is 12.0. The molecule has 0 radical (unpaired) electrons. The number of nitrogens with zero attached hydrogens (tertiary/aromatic N) is 2. The summed E-state index contributed by atoms with van der Waals surface area (Å²) in [4.78, 5) is 12.6. The Morgan fingerprint density at radius 1 is 1.30 bits per heavy atom. The monoisotopic (exact) mass is 283 g/mol. The number of hydrogen-bond donors (Lipinski definition) is 1. The molecule has 0 fully saturated rings. The van der Waals surface area contributed by atoms with Crippen LogP contribution in [-0.2, 0) is 6.42 Å². The fraction of sp³-hybridized carbons (Fsp3) is 0.0714. The molecule has 1 aromatic heterocycles. The van der Waals surface area contributed by atoms with Crippen LogP contribution in [0.5, 0.6) is 0 Å². The molecule has 0 spiro atoms. The lowest BCUT2D eigenvalue weighted by Crippen LogP contribution is -2.70. The average molecular weight is 283 g/mol. The van der Waals surface area contributed by atoms with Gasteiger partial charge in [0, 0.05) is 18.1 Å². The molecule has 0 bridgehead atoms. The molecule has 0 saturated heterocycles. The Kier molecular flexibility index (Phi) is 4.24. The van der Waals surface area contributed by atoms with Gasteiger partial charge in [-0.2, -0.15) is 10.5 Å². The number of nitriles is 2. The fourth-order valence-corrected chi connectivity index (χ4v) is 2.47. The van der Waals surface area contributed by atoms with Gasteiger partial charge in [0.1, 0.15) is 17.8 Å². The first kappa shape index (κ1) is 13.9. The Hall–Kier alpha value is -2.51. The minimum absolute atomic E-state index is 0.0367. The van der Waals surface area contributed by atoms with E-state index >= 15 is 0 Å². The largest absolute Gasteiger partial charge is 0.630 e. The highest BCUT2D eigenvalue weighted by atomic mass is 32.1. The molecule has 6 heteroatoms. The second-order valence-corrected chi connectivity index (χ2v) is 4.96. The molecule has 0 saturated carbocycles. The molecule has 0 aliphatic carbocycles. The van der Waals surface area contributed by atoms with Gasteiger partial charge in [-0.3, -0.25) is 4.79 Å². The van der Waals surface area contributed by atoms with Gasteiger partial charge in [-0.05, 0) is 17.5 Å². The first-order valence-corrected chi connectivity index (χ1v) is 6.56. The lowest BCUT2D eigenvalue weighted by molar-refractivity contribution is -0.497. The van der Waals surface area contributed by atoms with Crippen molar-refractivity contribution in [1.82, 2.24) is 0 Å². The van der Waals surface area contributed by atoms with Crippen LogP contribution in [0.3, 0.4) is 0 Å². The van der Waals surface area contributed by atoms with E-state index in [1.165, 1.54) is 23.5 Å². The van der Waals surface area contributed by atoms with E-state index in [1.54, 1.807) is 17.5 Å². The van der Waals surface area contributed by atoms with E-state index in [4.69, 9.17) is 10.5 Å². The minimum Gasteiger partial charge on any atom is -0.630 e. The molecular weight excluding hydrogens is 274 g/mol. The van der Waals surface area contributed by atoms with Crippen molar-refractivity contribution in [3.63, 3.8) is 0 Å². The first-order chi connectivity index (χ1) is 9.69. The van der Waals surface area contributed by atoms with Crippen molar-refractivity contribution in [3.8, 4) is 12.1 Å². The summed E-state index contributed by atoms with van der Waals surface area (Å²) in [6.45, 7) is 0. The van der Waals surface area contributed by atoms with Crippen molar-refractivity contribution in [3.05, 3.63) is 56.4 Å². The van der Waals surface area contributed by atoms with Gasteiger partial charge in [0.25, 0.3) is 0 Å². The first-order valence-electron chi connectivity index (χ1n) is 5.68. The van der Waals surface area contributed by atoms with Gasteiger partial charge in [0.15, 0.2) is 5.78 Å². The highest BCUT2D eigenvalue weighted by molar-refractivity contribution is 7.12. The molecule has 2 aromatic rings. The van der Waals surface area contributed by atoms with Crippen molar-refractivity contribution in [2.45, 2.75) is 6.42 Å². The molecule has 0 unspecified atom stereocenters. The van der Waals surface area contributed by atoms with Crippen LogP contribution in [-0.4, -0.2) is 5.78 Å². The zero-order chi connectivity index (χ0) is 14.5. The summed E-state index contributed by atoms with van der Waals surface area (Å²) < 4.78 is 0. The third-order valence-electron chi connectivity index (χ3n) is 2.79. The van der Waals surface area contributed by atoms with E-state index in [0.717, 1.165) is 0 Å². The van der Waals surface area contributed by atoms with Crippen LogP contribution in [0.4, 0.5) is 5.69 Å². The second kappa shape index (κ2) is 6.09. The standard InChI is InChI=1S/C14H9N3O2S/c15-7-10-4-9(12(17-19)5-11(10)8-16)6-13(18)14-2-1-3-20-14/h1-5H,6,17H2. The zero-order valence-corrected chi connectivity index (χ0v) is 11.1. The van der Waals surface area contributed by atoms with Crippen LogP contribution in [0.2, 0.25) is 0 Å². The molecule has 0 aliphatic rings. The van der Waals surface area contributed by atoms with Crippen LogP contribution in [0.1, 0.15) is 26.4 Å². The van der Waals surface area contributed by atoms with Gasteiger partial charge in [0.2, 0.25) is 0 Å². The molecular formula is C14H9N3O2S. The molecule has 0 atom stereocenters. The number of Topliss-reactive ketones (excluding diaryl/α,β-unsaturated/α-hetero) is 1. The average Bonchev–Trinajstić information content (AvgIpc) is 3.01. The predicted molar refractivity (Wildman–Crippen MR) is 73.2 cm³/mol. The fourth-order valence-electron chi connectivity index (χ4n) is 1.81. The van der Waals surface area contributed by atoms with Crippen molar-refractivity contribution in [2.24, 2.45) is 0 Å². The zero-order valence-electron chi connectivity index (χ0n) is 10.3. The van der Waals surface area contributed by atoms with Crippen molar-refractivity contribution >= 4 is 22.8 Å². The summed E-state index contributed by atoms with van der Waals surface area (Å²) in [5.41, 5.74) is 1.65. The van der Waals surface area contributed by atoms with Crippen molar-refractivity contribution < 1.29 is 10.3 Å². The highest BCUT2D eigenvalue weighted by Gasteiger charge is 2.15. The molecule has 2 rings (SSSR count). The summed E-state index contributed by atoms with van der Waals surface area (Å²) in [5, 5.41) is 30.8. The van der Waals surface area contributed by atoms with E-state index in [0.29, 0.717) is 15.9 Å². The second-order valence-electron chi connectivity index (χ2n) is 4.02. The third-order valence-corrected chi connectivity index (χ3v) is 3.71. The van der Waals surface area contributed by atoms with Crippen LogP contribution in [0, 0.1) is 27.9 Å². The van der Waals surface area contributed by atoms with Gasteiger partial charge in [-0.1, -0.05) is 6.07 Å². The van der Waals surface area contributed by atoms with Gasteiger partial charge in [-0.15, -0.1) is 11.3 Å². The van der Waals surface area contributed by atoms with Gasteiger partial charge in [0.05, 0.1) is 16.0 Å². The van der Waals surface area contributed by atoms with E-state index < -0.39 is 0 Å². The lowest BCUT2D eigenvalue weighted by Gasteiger charge is -2.09. The van der Waals surface area contributed by atoms with Crippen LogP contribution >= 0.6 is 11.3 Å². The summed E-state index contributed by atoms with van der Waals surface area (Å²) in [6, 6.07) is 10.0. The van der Waals surface area contributed by atoms with E-state index in [9.17, 15) is 10.0 Å². The molecule has 98 valence electrons. The molecule has 1 heterocycles. The Bertz CT molecular complexity index is 724. The molecule has 0 aliphatic heterocycles. The van der Waals surface area contributed by atoms with Gasteiger partial charge in [-0.25, -0.2) is 0 Å². The molecule has 0 amide bonds. The summed E-state index contributed by atoms with van der Waals surface area (Å²) in [6.07, 6.45) is 0.0367. The number of rotatable bonds is 4. The number of thiophene rings is 1. The number of carbonyl (C=O) groups excluding carboxylic acids is 1. The summed E-state index contributed by atoms with van der Waals surface area (Å²) in [7, 11) is 0. The Labute approximate surface area is 119 Å². The predicted octanol–water partition coefficient (Wildman–Crippen LogP) is 1.61. The third kappa shape index (κ3) is 2.73. The van der Waals surface area contributed by atoms with Crippen LogP contribution in [0.15, 0.2) is 29.6 Å². The SMILES string of the molecule is N#Cc1cc(CC(=O)c2cccs2)c([NH2+][O-])cc1C#N. The normalized spacial score (nSPS) is 9.75. The van der Waals surface area contributed by atoms with E-state index in [1.807, 2.05) is 12.1 Å². The van der Waals surface area contributed by atoms with E-state index in [-0.39, 0.29) is 29.0 Å². The van der Waals surface area contributed by atoms with Crippen LogP contribution < -0.4 is 5.48 Å². The molecule has 20 heavy (non-hydrogen) atoms. The molecule has 1 aromatic carbocycles. The smallest absolute Gasteiger partial charge is 0.177 e. The molecule has 5 nitrogen and oxygen atoms in total. The number of nitrogens with two attached hydrogens (primary N) is 1. The lowest BCUT2D eigenvalue weighted by atomic mass is 9.99. The van der Waals surface area contributed by atoms with E-state index in [2.05, 4.69) is 0 Å². The topological polar surface area (TPSA) is 104 Å². The highest BCUT2D eigenvalue weighted by Crippen LogP contribution is 2.20. The number of ketones is 1. The number of benzene rings is 1. The summed E-state index contributed by atoms with van der Waals surface area (Å²) >= 11 is 1.33. The number of hydrogen-bond acceptors (Lipinski definition) is 5. The Morgan fingerprint density at radius 3 is 2.55 bits per heavy atom. The Morgan fingerprint density at radius 2 is 2.00 bits per heavy atom. The minimum atomic E-state index is -0.114. The van der Waals surface area contributed by atoms with Crippen molar-refractivity contribution in [1.29, 1.82) is 10.5 Å². The maximum Gasteiger partial charge on any atom is 0.177 e. The van der Waals surface area contributed by atoms with Gasteiger partial charge >= 0.3 is 0 Å². The quantitative estimate of drug-likeness (QED) is 0.522. The van der Waals surface area contributed by atoms with Crippen LogP contribution in [0.25, 0.3) is 0 Å². The molecule has 2 N–H and O–H groups in total. The maximum absolute atomic E-state index is 12.0. The summed E-state index contributed by atoms with van der Waals surface area (Å²) in [5.74, 6) is -0.114. The Balaban J connectivity index is 2.39. The van der Waals surface area contributed by atoms with Crippen molar-refractivity contribution in [2.75, 3.05) is 0 Å². The number of carbonyl (C=O) groups is 1.